The first-order chi connectivity index (χ1) is 4.59. The van der Waals surface area contributed by atoms with Crippen molar-refractivity contribution >= 4 is 5.78 Å². The monoisotopic (exact) mass is 142 g/mol. The predicted molar refractivity (Wildman–Crippen MR) is 38.8 cm³/mol. The number of carbonyl (C=O) groups excluding carboxylic acids is 1. The van der Waals surface area contributed by atoms with Crippen LogP contribution in [0.1, 0.15) is 26.7 Å². The van der Waals surface area contributed by atoms with Crippen molar-refractivity contribution in [2.24, 2.45) is 5.41 Å². The number of methoxy groups -OCH3 is 1. The molecule has 58 valence electrons. The lowest BCUT2D eigenvalue weighted by molar-refractivity contribution is -0.127. The van der Waals surface area contributed by atoms with Crippen molar-refractivity contribution in [2.75, 3.05) is 7.11 Å². The van der Waals surface area contributed by atoms with Crippen LogP contribution in [-0.4, -0.2) is 19.0 Å². The fourth-order valence-corrected chi connectivity index (χ4v) is 1.54. The minimum atomic E-state index is -0.241. The van der Waals surface area contributed by atoms with Crippen LogP contribution in [0.15, 0.2) is 0 Å². The van der Waals surface area contributed by atoms with Crippen LogP contribution >= 0.6 is 0 Å². The average Bonchev–Trinajstić information content (AvgIpc) is 2.10. The molecule has 0 unspecified atom stereocenters. The first kappa shape index (κ1) is 7.73. The van der Waals surface area contributed by atoms with E-state index in [2.05, 4.69) is 0 Å². The van der Waals surface area contributed by atoms with Crippen LogP contribution in [0.3, 0.4) is 0 Å². The van der Waals surface area contributed by atoms with Crippen molar-refractivity contribution in [3.63, 3.8) is 0 Å². The molecule has 0 amide bonds. The van der Waals surface area contributed by atoms with Crippen LogP contribution in [0.25, 0.3) is 0 Å². The Labute approximate surface area is 61.6 Å². The fourth-order valence-electron chi connectivity index (χ4n) is 1.54. The van der Waals surface area contributed by atoms with E-state index in [1.54, 1.807) is 7.11 Å². The number of hydrogen-bond acceptors (Lipinski definition) is 2. The molecule has 1 aliphatic rings. The summed E-state index contributed by atoms with van der Waals surface area (Å²) in [5, 5.41) is 0. The van der Waals surface area contributed by atoms with Crippen LogP contribution in [0.2, 0.25) is 0 Å². The standard InChI is InChI=1S/C8H14O2/c1-8(2)6(9)4-5-7(8)10-3/h7H,4-5H2,1-3H3/t7-/m1/s1. The molecule has 0 spiro atoms. The summed E-state index contributed by atoms with van der Waals surface area (Å²) in [6.45, 7) is 3.91. The lowest BCUT2D eigenvalue weighted by Gasteiger charge is -2.23. The van der Waals surface area contributed by atoms with Gasteiger partial charge in [-0.1, -0.05) is 13.8 Å². The van der Waals surface area contributed by atoms with Gasteiger partial charge in [-0.05, 0) is 6.42 Å². The van der Waals surface area contributed by atoms with Crippen LogP contribution in [0, 0.1) is 5.41 Å². The molecule has 0 radical (unpaired) electrons. The van der Waals surface area contributed by atoms with Crippen LogP contribution in [-0.2, 0) is 9.53 Å². The van der Waals surface area contributed by atoms with Crippen LogP contribution in [0.5, 0.6) is 0 Å². The molecule has 1 aliphatic carbocycles. The average molecular weight is 142 g/mol. The molecule has 0 aromatic rings. The Morgan fingerprint density at radius 2 is 2.20 bits per heavy atom. The summed E-state index contributed by atoms with van der Waals surface area (Å²) in [4.78, 5) is 11.2. The van der Waals surface area contributed by atoms with Gasteiger partial charge in [0.15, 0.2) is 0 Å². The minimum Gasteiger partial charge on any atom is -0.380 e. The van der Waals surface area contributed by atoms with E-state index in [0.717, 1.165) is 6.42 Å². The van der Waals surface area contributed by atoms with Crippen molar-refractivity contribution in [2.45, 2.75) is 32.8 Å². The molecular weight excluding hydrogens is 128 g/mol. The molecule has 0 saturated heterocycles. The summed E-state index contributed by atoms with van der Waals surface area (Å²) >= 11 is 0. The molecule has 10 heavy (non-hydrogen) atoms. The lowest BCUT2D eigenvalue weighted by atomic mass is 9.88. The van der Waals surface area contributed by atoms with E-state index < -0.39 is 0 Å². The molecule has 2 nitrogen and oxygen atoms in total. The summed E-state index contributed by atoms with van der Waals surface area (Å²) in [7, 11) is 1.67. The molecule has 2 heteroatoms. The topological polar surface area (TPSA) is 26.3 Å². The summed E-state index contributed by atoms with van der Waals surface area (Å²) in [6, 6.07) is 0. The summed E-state index contributed by atoms with van der Waals surface area (Å²) in [5.41, 5.74) is -0.241. The summed E-state index contributed by atoms with van der Waals surface area (Å²) in [5.74, 6) is 0.333. The molecule has 1 fully saturated rings. The molecule has 1 saturated carbocycles. The van der Waals surface area contributed by atoms with E-state index in [1.807, 2.05) is 13.8 Å². The van der Waals surface area contributed by atoms with Gasteiger partial charge >= 0.3 is 0 Å². The maximum absolute atomic E-state index is 11.2. The molecule has 1 atom stereocenters. The van der Waals surface area contributed by atoms with Gasteiger partial charge in [-0.15, -0.1) is 0 Å². The van der Waals surface area contributed by atoms with Gasteiger partial charge in [-0.3, -0.25) is 4.79 Å². The second kappa shape index (κ2) is 2.35. The van der Waals surface area contributed by atoms with Gasteiger partial charge in [-0.2, -0.15) is 0 Å². The Hall–Kier alpha value is -0.370. The SMILES string of the molecule is CO[C@@H]1CCC(=O)C1(C)C. The Morgan fingerprint density at radius 3 is 2.40 bits per heavy atom. The van der Waals surface area contributed by atoms with Crippen molar-refractivity contribution < 1.29 is 9.53 Å². The van der Waals surface area contributed by atoms with E-state index in [1.165, 1.54) is 0 Å². The Bertz CT molecular complexity index is 149. The van der Waals surface area contributed by atoms with Gasteiger partial charge in [0, 0.05) is 18.9 Å². The highest BCUT2D eigenvalue weighted by atomic mass is 16.5. The maximum Gasteiger partial charge on any atom is 0.141 e. The van der Waals surface area contributed by atoms with Crippen LogP contribution in [0.4, 0.5) is 0 Å². The van der Waals surface area contributed by atoms with Crippen molar-refractivity contribution in [1.82, 2.24) is 0 Å². The van der Waals surface area contributed by atoms with Gasteiger partial charge in [0.25, 0.3) is 0 Å². The molecular formula is C8H14O2. The smallest absolute Gasteiger partial charge is 0.141 e. The van der Waals surface area contributed by atoms with Crippen molar-refractivity contribution in [3.8, 4) is 0 Å². The number of ketones is 1. The first-order valence-electron chi connectivity index (χ1n) is 3.65. The molecule has 0 aromatic carbocycles. The molecule has 0 aliphatic heterocycles. The third kappa shape index (κ3) is 0.966. The summed E-state index contributed by atoms with van der Waals surface area (Å²) < 4.78 is 5.18. The zero-order valence-electron chi connectivity index (χ0n) is 6.81. The van der Waals surface area contributed by atoms with E-state index in [-0.39, 0.29) is 11.5 Å². The second-order valence-corrected chi connectivity index (χ2v) is 3.41. The van der Waals surface area contributed by atoms with E-state index in [9.17, 15) is 4.79 Å². The quantitative estimate of drug-likeness (QED) is 0.553. The predicted octanol–water partition coefficient (Wildman–Crippen LogP) is 1.39. The molecule has 1 rings (SSSR count). The first-order valence-corrected chi connectivity index (χ1v) is 3.65. The maximum atomic E-state index is 11.2. The highest BCUT2D eigenvalue weighted by Crippen LogP contribution is 2.35. The van der Waals surface area contributed by atoms with Gasteiger partial charge < -0.3 is 4.74 Å². The Balaban J connectivity index is 2.73. The van der Waals surface area contributed by atoms with Gasteiger partial charge in [0.1, 0.15) is 5.78 Å². The minimum absolute atomic E-state index is 0.139. The normalized spacial score (nSPS) is 31.1. The number of Topliss-reactive ketones (excluding diaryl/α,β-unsaturated/α-hetero) is 1. The lowest BCUT2D eigenvalue weighted by Crippen LogP contribution is -2.30. The van der Waals surface area contributed by atoms with E-state index in [0.29, 0.717) is 12.2 Å². The number of hydrogen-bond donors (Lipinski definition) is 0. The van der Waals surface area contributed by atoms with E-state index in [4.69, 9.17) is 4.74 Å². The Morgan fingerprint density at radius 1 is 1.60 bits per heavy atom. The van der Waals surface area contributed by atoms with Gasteiger partial charge in [0.2, 0.25) is 0 Å². The van der Waals surface area contributed by atoms with Crippen molar-refractivity contribution in [3.05, 3.63) is 0 Å². The fraction of sp³-hybridized carbons (Fsp3) is 0.875. The largest absolute Gasteiger partial charge is 0.380 e. The van der Waals surface area contributed by atoms with Gasteiger partial charge in [0.05, 0.1) is 6.10 Å². The highest BCUT2D eigenvalue weighted by Gasteiger charge is 2.42. The molecule has 0 heterocycles. The molecule has 0 aromatic heterocycles. The zero-order valence-corrected chi connectivity index (χ0v) is 6.81. The van der Waals surface area contributed by atoms with E-state index >= 15 is 0 Å². The second-order valence-electron chi connectivity index (χ2n) is 3.41. The Kier molecular flexibility index (Phi) is 1.82. The zero-order chi connectivity index (χ0) is 7.78. The molecule has 0 bridgehead atoms. The highest BCUT2D eigenvalue weighted by molar-refractivity contribution is 5.86. The van der Waals surface area contributed by atoms with Crippen molar-refractivity contribution in [1.29, 1.82) is 0 Å². The number of rotatable bonds is 1. The van der Waals surface area contributed by atoms with Crippen LogP contribution < -0.4 is 0 Å². The molecule has 0 N–H and O–H groups in total. The van der Waals surface area contributed by atoms with Gasteiger partial charge in [-0.25, -0.2) is 0 Å². The third-order valence-electron chi connectivity index (χ3n) is 2.44. The summed E-state index contributed by atoms with van der Waals surface area (Å²) in [6.07, 6.45) is 1.72. The number of ether oxygens (including phenoxy) is 1. The third-order valence-corrected chi connectivity index (χ3v) is 2.44. The number of carbonyl (C=O) groups is 1.